The average Bonchev–Trinajstić information content (AvgIpc) is 3.07. The van der Waals surface area contributed by atoms with Gasteiger partial charge in [-0.05, 0) is 31.9 Å². The molecule has 2 saturated heterocycles. The lowest BCUT2D eigenvalue weighted by atomic mass is 10.1. The van der Waals surface area contributed by atoms with Gasteiger partial charge in [0.1, 0.15) is 22.6 Å². The molecule has 0 radical (unpaired) electrons. The zero-order valence-corrected chi connectivity index (χ0v) is 19.3. The van der Waals surface area contributed by atoms with Gasteiger partial charge in [0, 0.05) is 31.1 Å². The third-order valence-electron chi connectivity index (χ3n) is 6.26. The molecule has 0 N–H and O–H groups in total. The SMILES string of the molecule is Cc1sc2nc(CN3CCOCC3)nc(N3CC(C)OC(c4ccccc4)C3)c2c1C. The summed E-state index contributed by atoms with van der Waals surface area (Å²) in [5.41, 5.74) is 2.51. The summed E-state index contributed by atoms with van der Waals surface area (Å²) in [6.45, 7) is 12.4. The van der Waals surface area contributed by atoms with Crippen molar-refractivity contribution in [2.45, 2.75) is 39.5 Å². The minimum Gasteiger partial charge on any atom is -0.379 e. The Balaban J connectivity index is 1.52. The van der Waals surface area contributed by atoms with Gasteiger partial charge in [0.2, 0.25) is 0 Å². The summed E-state index contributed by atoms with van der Waals surface area (Å²) < 4.78 is 11.8. The molecule has 2 aliphatic rings. The summed E-state index contributed by atoms with van der Waals surface area (Å²) in [7, 11) is 0. The average molecular weight is 439 g/mol. The van der Waals surface area contributed by atoms with Crippen LogP contribution in [0.4, 0.5) is 5.82 Å². The van der Waals surface area contributed by atoms with E-state index in [0.717, 1.165) is 62.4 Å². The maximum Gasteiger partial charge on any atom is 0.146 e. The van der Waals surface area contributed by atoms with E-state index in [1.54, 1.807) is 11.3 Å². The molecule has 6 nitrogen and oxygen atoms in total. The van der Waals surface area contributed by atoms with Gasteiger partial charge in [0.25, 0.3) is 0 Å². The Labute approximate surface area is 187 Å². The standard InChI is InChI=1S/C24H30N4O2S/c1-16-13-28(14-20(30-16)19-7-5-4-6-8-19)23-22-17(2)18(3)31-24(22)26-21(25-23)15-27-9-11-29-12-10-27/h4-8,16,20H,9-15H2,1-3H3. The Morgan fingerprint density at radius 1 is 1.06 bits per heavy atom. The van der Waals surface area contributed by atoms with Crippen LogP contribution >= 0.6 is 11.3 Å². The van der Waals surface area contributed by atoms with E-state index in [1.807, 2.05) is 0 Å². The van der Waals surface area contributed by atoms with Crippen LogP contribution in [-0.4, -0.2) is 60.4 Å². The lowest BCUT2D eigenvalue weighted by Crippen LogP contribution is -2.43. The smallest absolute Gasteiger partial charge is 0.146 e. The van der Waals surface area contributed by atoms with Crippen molar-refractivity contribution in [2.75, 3.05) is 44.3 Å². The van der Waals surface area contributed by atoms with Crippen LogP contribution in [0.1, 0.15) is 34.9 Å². The summed E-state index contributed by atoms with van der Waals surface area (Å²) in [6.07, 6.45) is 0.171. The predicted molar refractivity (Wildman–Crippen MR) is 125 cm³/mol. The van der Waals surface area contributed by atoms with Crippen molar-refractivity contribution in [2.24, 2.45) is 0 Å². The fourth-order valence-corrected chi connectivity index (χ4v) is 5.55. The van der Waals surface area contributed by atoms with Crippen LogP contribution in [0.5, 0.6) is 0 Å². The van der Waals surface area contributed by atoms with E-state index < -0.39 is 0 Å². The van der Waals surface area contributed by atoms with Gasteiger partial charge in [-0.25, -0.2) is 9.97 Å². The molecule has 2 atom stereocenters. The van der Waals surface area contributed by atoms with Gasteiger partial charge in [-0.3, -0.25) is 4.90 Å². The molecule has 2 unspecified atom stereocenters. The molecule has 2 aromatic heterocycles. The molecule has 0 saturated carbocycles. The van der Waals surface area contributed by atoms with Crippen LogP contribution in [0.25, 0.3) is 10.2 Å². The van der Waals surface area contributed by atoms with Gasteiger partial charge >= 0.3 is 0 Å². The molecule has 5 rings (SSSR count). The molecule has 3 aromatic rings. The second-order valence-corrected chi connectivity index (χ2v) is 9.77. The molecule has 0 bridgehead atoms. The fourth-order valence-electron chi connectivity index (χ4n) is 4.51. The first-order chi connectivity index (χ1) is 15.1. The first-order valence-electron chi connectivity index (χ1n) is 11.1. The highest BCUT2D eigenvalue weighted by Crippen LogP contribution is 2.37. The lowest BCUT2D eigenvalue weighted by Gasteiger charge is -2.38. The van der Waals surface area contributed by atoms with Crippen molar-refractivity contribution in [3.8, 4) is 0 Å². The minimum atomic E-state index is 0.0395. The van der Waals surface area contributed by atoms with Crippen molar-refractivity contribution >= 4 is 27.4 Å². The summed E-state index contributed by atoms with van der Waals surface area (Å²) in [5, 5.41) is 1.20. The van der Waals surface area contributed by atoms with Gasteiger partial charge in [0.05, 0.1) is 31.2 Å². The van der Waals surface area contributed by atoms with Crippen molar-refractivity contribution in [3.05, 3.63) is 52.2 Å². The Bertz CT molecular complexity index is 1050. The third-order valence-corrected chi connectivity index (χ3v) is 7.36. The number of anilines is 1. The number of aromatic nitrogens is 2. The van der Waals surface area contributed by atoms with Gasteiger partial charge in [-0.15, -0.1) is 11.3 Å². The van der Waals surface area contributed by atoms with Gasteiger partial charge < -0.3 is 14.4 Å². The number of fused-ring (bicyclic) bond motifs is 1. The number of morpholine rings is 2. The first-order valence-corrected chi connectivity index (χ1v) is 11.9. The molecule has 0 amide bonds. The second-order valence-electron chi connectivity index (χ2n) is 8.57. The number of hydrogen-bond donors (Lipinski definition) is 0. The first kappa shape index (κ1) is 20.8. The van der Waals surface area contributed by atoms with E-state index in [1.165, 1.54) is 21.4 Å². The van der Waals surface area contributed by atoms with E-state index in [4.69, 9.17) is 19.4 Å². The van der Waals surface area contributed by atoms with Gasteiger partial charge in [-0.2, -0.15) is 0 Å². The largest absolute Gasteiger partial charge is 0.379 e. The number of nitrogens with zero attached hydrogens (tertiary/aromatic N) is 4. The highest BCUT2D eigenvalue weighted by Gasteiger charge is 2.30. The molecular formula is C24H30N4O2S. The van der Waals surface area contributed by atoms with E-state index >= 15 is 0 Å². The van der Waals surface area contributed by atoms with Crippen LogP contribution < -0.4 is 4.90 Å². The topological polar surface area (TPSA) is 50.7 Å². The molecule has 7 heteroatoms. The highest BCUT2D eigenvalue weighted by atomic mass is 32.1. The van der Waals surface area contributed by atoms with E-state index in [9.17, 15) is 0 Å². The van der Waals surface area contributed by atoms with Crippen molar-refractivity contribution in [1.82, 2.24) is 14.9 Å². The molecule has 1 aromatic carbocycles. The van der Waals surface area contributed by atoms with Crippen LogP contribution in [0.15, 0.2) is 30.3 Å². The fraction of sp³-hybridized carbons (Fsp3) is 0.500. The summed E-state index contributed by atoms with van der Waals surface area (Å²) >= 11 is 1.78. The molecule has 0 spiro atoms. The zero-order valence-electron chi connectivity index (χ0n) is 18.5. The molecule has 164 valence electrons. The molecular weight excluding hydrogens is 408 g/mol. The minimum absolute atomic E-state index is 0.0395. The Morgan fingerprint density at radius 2 is 1.84 bits per heavy atom. The normalized spacial score (nSPS) is 22.9. The summed E-state index contributed by atoms with van der Waals surface area (Å²) in [5.74, 6) is 1.97. The maximum absolute atomic E-state index is 6.32. The number of hydrogen-bond acceptors (Lipinski definition) is 7. The quantitative estimate of drug-likeness (QED) is 0.611. The monoisotopic (exact) mass is 438 g/mol. The number of thiophene rings is 1. The van der Waals surface area contributed by atoms with Gasteiger partial charge in [0.15, 0.2) is 0 Å². The lowest BCUT2D eigenvalue weighted by molar-refractivity contribution is -0.0175. The van der Waals surface area contributed by atoms with Crippen LogP contribution in [0, 0.1) is 13.8 Å². The Kier molecular flexibility index (Phi) is 5.93. The summed E-state index contributed by atoms with van der Waals surface area (Å²) in [4.78, 5) is 17.3. The number of ether oxygens (including phenoxy) is 2. The van der Waals surface area contributed by atoms with Gasteiger partial charge in [-0.1, -0.05) is 30.3 Å². The molecule has 31 heavy (non-hydrogen) atoms. The maximum atomic E-state index is 6.32. The van der Waals surface area contributed by atoms with Crippen LogP contribution in [0.2, 0.25) is 0 Å². The third kappa shape index (κ3) is 4.32. The highest BCUT2D eigenvalue weighted by molar-refractivity contribution is 7.18. The van der Waals surface area contributed by atoms with E-state index in [2.05, 4.69) is 60.9 Å². The molecule has 2 aliphatic heterocycles. The number of benzene rings is 1. The van der Waals surface area contributed by atoms with E-state index in [-0.39, 0.29) is 12.2 Å². The molecule has 4 heterocycles. The Hall–Kier alpha value is -2.06. The molecule has 0 aliphatic carbocycles. The predicted octanol–water partition coefficient (Wildman–Crippen LogP) is 4.11. The zero-order chi connectivity index (χ0) is 21.4. The van der Waals surface area contributed by atoms with Crippen molar-refractivity contribution < 1.29 is 9.47 Å². The van der Waals surface area contributed by atoms with Crippen LogP contribution in [0.3, 0.4) is 0 Å². The van der Waals surface area contributed by atoms with E-state index in [0.29, 0.717) is 0 Å². The summed E-state index contributed by atoms with van der Waals surface area (Å²) in [6, 6.07) is 10.5. The van der Waals surface area contributed by atoms with Crippen LogP contribution in [-0.2, 0) is 16.0 Å². The number of rotatable bonds is 4. The molecule has 2 fully saturated rings. The van der Waals surface area contributed by atoms with Crippen molar-refractivity contribution in [3.63, 3.8) is 0 Å². The number of aryl methyl sites for hydroxylation is 2. The Morgan fingerprint density at radius 3 is 2.61 bits per heavy atom. The second kappa shape index (κ2) is 8.82. The van der Waals surface area contributed by atoms with Crippen molar-refractivity contribution in [1.29, 1.82) is 0 Å².